The van der Waals surface area contributed by atoms with Gasteiger partial charge in [0.05, 0.1) is 6.04 Å². The van der Waals surface area contributed by atoms with Crippen LogP contribution in [0.5, 0.6) is 0 Å². The van der Waals surface area contributed by atoms with Crippen molar-refractivity contribution in [2.24, 2.45) is 0 Å². The van der Waals surface area contributed by atoms with Crippen LogP contribution in [0.4, 0.5) is 18.9 Å². The van der Waals surface area contributed by atoms with Crippen molar-refractivity contribution in [1.82, 2.24) is 9.80 Å². The molecule has 1 aromatic carbocycles. The fourth-order valence-electron chi connectivity index (χ4n) is 3.05. The summed E-state index contributed by atoms with van der Waals surface area (Å²) in [5.74, 6) is -1.08. The van der Waals surface area contributed by atoms with Crippen molar-refractivity contribution in [2.75, 3.05) is 31.5 Å². The molecule has 26 heavy (non-hydrogen) atoms. The molecule has 0 spiro atoms. The molecule has 144 valence electrons. The SMILES string of the molecule is Cc1cccc(C)c1NC(=O)C(C)N1CCN(C(=O)CC(F)(F)F)CC1. The molecule has 0 bridgehead atoms. The minimum absolute atomic E-state index is 0.169. The highest BCUT2D eigenvalue weighted by atomic mass is 19.4. The van der Waals surface area contributed by atoms with Gasteiger partial charge in [-0.3, -0.25) is 14.5 Å². The molecule has 1 aliphatic rings. The Morgan fingerprint density at radius 3 is 2.15 bits per heavy atom. The standard InChI is InChI=1S/C18H24F3N3O2/c1-12-5-4-6-13(2)16(12)22-17(26)14(3)23-7-9-24(10-8-23)15(25)11-18(19,20)21/h4-6,14H,7-11H2,1-3H3,(H,22,26). The summed E-state index contributed by atoms with van der Waals surface area (Å²) in [7, 11) is 0. The van der Waals surface area contributed by atoms with E-state index in [4.69, 9.17) is 0 Å². The quantitative estimate of drug-likeness (QED) is 0.886. The number of carbonyl (C=O) groups is 2. The van der Waals surface area contributed by atoms with Crippen LogP contribution < -0.4 is 5.32 Å². The van der Waals surface area contributed by atoms with Crippen molar-refractivity contribution >= 4 is 17.5 Å². The Morgan fingerprint density at radius 1 is 1.12 bits per heavy atom. The van der Waals surface area contributed by atoms with E-state index in [1.807, 2.05) is 36.9 Å². The molecular formula is C18H24F3N3O2. The number of hydrogen-bond acceptors (Lipinski definition) is 3. The number of benzene rings is 1. The Kier molecular flexibility index (Phi) is 6.28. The molecule has 1 heterocycles. The van der Waals surface area contributed by atoms with Gasteiger partial charge in [-0.25, -0.2) is 0 Å². The average Bonchev–Trinajstić information content (AvgIpc) is 2.56. The highest BCUT2D eigenvalue weighted by Crippen LogP contribution is 2.22. The van der Waals surface area contributed by atoms with Crippen LogP contribution >= 0.6 is 0 Å². The lowest BCUT2D eigenvalue weighted by Crippen LogP contribution is -2.54. The molecule has 5 nitrogen and oxygen atoms in total. The van der Waals surface area contributed by atoms with Crippen LogP contribution in [0.15, 0.2) is 18.2 Å². The molecule has 0 saturated carbocycles. The van der Waals surface area contributed by atoms with Crippen molar-refractivity contribution in [3.05, 3.63) is 29.3 Å². The minimum atomic E-state index is -4.49. The zero-order valence-corrected chi connectivity index (χ0v) is 15.2. The van der Waals surface area contributed by atoms with E-state index in [9.17, 15) is 22.8 Å². The molecule has 1 aromatic rings. The molecule has 1 unspecified atom stereocenters. The van der Waals surface area contributed by atoms with Crippen LogP contribution in [0.1, 0.15) is 24.5 Å². The molecule has 8 heteroatoms. The van der Waals surface area contributed by atoms with E-state index in [0.29, 0.717) is 13.1 Å². The van der Waals surface area contributed by atoms with Gasteiger partial charge in [-0.15, -0.1) is 0 Å². The van der Waals surface area contributed by atoms with E-state index in [1.165, 1.54) is 4.90 Å². The number of aryl methyl sites for hydroxylation is 2. The van der Waals surface area contributed by atoms with E-state index in [-0.39, 0.29) is 19.0 Å². The minimum Gasteiger partial charge on any atom is -0.340 e. The van der Waals surface area contributed by atoms with E-state index in [0.717, 1.165) is 16.8 Å². The van der Waals surface area contributed by atoms with Gasteiger partial charge in [0.25, 0.3) is 0 Å². The Labute approximate surface area is 151 Å². The Balaban J connectivity index is 1.90. The van der Waals surface area contributed by atoms with Crippen LogP contribution in [0.2, 0.25) is 0 Å². The smallest absolute Gasteiger partial charge is 0.340 e. The number of piperazine rings is 1. The zero-order valence-electron chi connectivity index (χ0n) is 15.2. The maximum Gasteiger partial charge on any atom is 0.397 e. The van der Waals surface area contributed by atoms with Gasteiger partial charge in [0.15, 0.2) is 0 Å². The van der Waals surface area contributed by atoms with Gasteiger partial charge in [-0.05, 0) is 31.9 Å². The first-order valence-electron chi connectivity index (χ1n) is 8.54. The molecule has 1 N–H and O–H groups in total. The summed E-state index contributed by atoms with van der Waals surface area (Å²) in [5, 5.41) is 2.93. The molecule has 0 aliphatic carbocycles. The Bertz CT molecular complexity index is 648. The molecule has 2 rings (SSSR count). The molecule has 1 saturated heterocycles. The summed E-state index contributed by atoms with van der Waals surface area (Å²) < 4.78 is 37.0. The lowest BCUT2D eigenvalue weighted by molar-refractivity contribution is -0.162. The number of nitrogens with zero attached hydrogens (tertiary/aromatic N) is 2. The number of para-hydroxylation sites is 1. The highest BCUT2D eigenvalue weighted by molar-refractivity contribution is 5.95. The van der Waals surface area contributed by atoms with Gasteiger partial charge >= 0.3 is 6.18 Å². The van der Waals surface area contributed by atoms with Gasteiger partial charge in [-0.1, -0.05) is 18.2 Å². The maximum atomic E-state index is 12.5. The summed E-state index contributed by atoms with van der Waals surface area (Å²) >= 11 is 0. The number of carbonyl (C=O) groups excluding carboxylic acids is 2. The van der Waals surface area contributed by atoms with E-state index >= 15 is 0 Å². The monoisotopic (exact) mass is 371 g/mol. The normalized spacial score (nSPS) is 17.1. The topological polar surface area (TPSA) is 52.7 Å². The van der Waals surface area contributed by atoms with Crippen LogP contribution in [0.3, 0.4) is 0 Å². The first-order chi connectivity index (χ1) is 12.1. The second kappa shape index (κ2) is 8.07. The Hall–Kier alpha value is -2.09. The number of alkyl halides is 3. The first kappa shape index (κ1) is 20.2. The van der Waals surface area contributed by atoms with E-state index in [1.54, 1.807) is 6.92 Å². The van der Waals surface area contributed by atoms with Gasteiger partial charge in [0, 0.05) is 31.9 Å². The third kappa shape index (κ3) is 5.20. The maximum absolute atomic E-state index is 12.5. The lowest BCUT2D eigenvalue weighted by atomic mass is 10.1. The average molecular weight is 371 g/mol. The van der Waals surface area contributed by atoms with Crippen LogP contribution in [-0.4, -0.2) is 60.0 Å². The number of hydrogen-bond donors (Lipinski definition) is 1. The molecule has 1 fully saturated rings. The van der Waals surface area contributed by atoms with Crippen molar-refractivity contribution in [3.63, 3.8) is 0 Å². The largest absolute Gasteiger partial charge is 0.397 e. The van der Waals surface area contributed by atoms with Crippen LogP contribution in [0.25, 0.3) is 0 Å². The van der Waals surface area contributed by atoms with E-state index < -0.39 is 24.5 Å². The van der Waals surface area contributed by atoms with Crippen molar-refractivity contribution in [3.8, 4) is 0 Å². The molecule has 0 radical (unpaired) electrons. The third-order valence-corrected chi connectivity index (χ3v) is 4.68. The first-order valence-corrected chi connectivity index (χ1v) is 8.54. The van der Waals surface area contributed by atoms with Crippen molar-refractivity contribution in [2.45, 2.75) is 39.4 Å². The summed E-state index contributed by atoms with van der Waals surface area (Å²) in [6.45, 7) is 6.70. The van der Waals surface area contributed by atoms with Crippen molar-refractivity contribution < 1.29 is 22.8 Å². The fraction of sp³-hybridized carbons (Fsp3) is 0.556. The second-order valence-corrected chi connectivity index (χ2v) is 6.64. The number of nitrogens with one attached hydrogen (secondary N) is 1. The zero-order chi connectivity index (χ0) is 19.5. The van der Waals surface area contributed by atoms with Gasteiger partial charge in [0.1, 0.15) is 6.42 Å². The summed E-state index contributed by atoms with van der Waals surface area (Å²) in [5.41, 5.74) is 2.71. The summed E-state index contributed by atoms with van der Waals surface area (Å²) in [6, 6.07) is 5.31. The molecule has 0 aromatic heterocycles. The van der Waals surface area contributed by atoms with Gasteiger partial charge < -0.3 is 10.2 Å². The lowest BCUT2D eigenvalue weighted by Gasteiger charge is -2.37. The van der Waals surface area contributed by atoms with Crippen molar-refractivity contribution in [1.29, 1.82) is 0 Å². The molecule has 2 amide bonds. The highest BCUT2D eigenvalue weighted by Gasteiger charge is 2.35. The van der Waals surface area contributed by atoms with Gasteiger partial charge in [0.2, 0.25) is 11.8 Å². The van der Waals surface area contributed by atoms with Crippen LogP contribution in [0, 0.1) is 13.8 Å². The number of amides is 2. The molecule has 1 atom stereocenters. The summed E-state index contributed by atoms with van der Waals surface area (Å²) in [6.07, 6.45) is -5.93. The Morgan fingerprint density at radius 2 is 1.65 bits per heavy atom. The third-order valence-electron chi connectivity index (χ3n) is 4.68. The van der Waals surface area contributed by atoms with Gasteiger partial charge in [-0.2, -0.15) is 13.2 Å². The number of rotatable bonds is 4. The summed E-state index contributed by atoms with van der Waals surface area (Å²) in [4.78, 5) is 27.3. The fourth-order valence-corrected chi connectivity index (χ4v) is 3.05. The van der Waals surface area contributed by atoms with Crippen LogP contribution in [-0.2, 0) is 9.59 Å². The predicted octanol–water partition coefficient (Wildman–Crippen LogP) is 2.73. The number of halogens is 3. The molecular weight excluding hydrogens is 347 g/mol. The van der Waals surface area contributed by atoms with E-state index in [2.05, 4.69) is 5.32 Å². The number of anilines is 1. The second-order valence-electron chi connectivity index (χ2n) is 6.64. The predicted molar refractivity (Wildman–Crippen MR) is 92.8 cm³/mol. The molecule has 1 aliphatic heterocycles.